The van der Waals surface area contributed by atoms with Crippen LogP contribution in [-0.4, -0.2) is 42.4 Å². The van der Waals surface area contributed by atoms with Crippen LogP contribution < -0.4 is 11.1 Å². The minimum absolute atomic E-state index is 0.0361. The minimum atomic E-state index is -0.543. The number of nitrogens with zero attached hydrogens (tertiary/aromatic N) is 1. The highest BCUT2D eigenvalue weighted by molar-refractivity contribution is 5.87. The zero-order valence-electron chi connectivity index (χ0n) is 14.1. The molecule has 1 aliphatic carbocycles. The van der Waals surface area contributed by atoms with Crippen molar-refractivity contribution in [3.8, 4) is 0 Å². The first-order valence-electron chi connectivity index (χ1n) is 8.75. The molecule has 2 aliphatic rings. The van der Waals surface area contributed by atoms with E-state index in [1.54, 1.807) is 0 Å². The summed E-state index contributed by atoms with van der Waals surface area (Å²) in [6.07, 6.45) is 8.76. The lowest BCUT2D eigenvalue weighted by molar-refractivity contribution is -0.136. The average Bonchev–Trinajstić information content (AvgIpc) is 2.52. The molecule has 2 rings (SSSR count). The fourth-order valence-corrected chi connectivity index (χ4v) is 3.83. The van der Waals surface area contributed by atoms with Crippen LogP contribution in [0.1, 0.15) is 58.8 Å². The number of amides is 2. The Balaban J connectivity index is 1.83. The second-order valence-electron chi connectivity index (χ2n) is 7.47. The van der Waals surface area contributed by atoms with E-state index in [-0.39, 0.29) is 24.3 Å². The largest absolute Gasteiger partial charge is 0.346 e. The molecular formula is C17H31N3O2. The Morgan fingerprint density at radius 2 is 1.77 bits per heavy atom. The van der Waals surface area contributed by atoms with Crippen molar-refractivity contribution in [2.45, 2.75) is 64.8 Å². The molecule has 3 N–H and O–H groups in total. The van der Waals surface area contributed by atoms with Crippen LogP contribution in [0.15, 0.2) is 0 Å². The zero-order chi connectivity index (χ0) is 16.2. The van der Waals surface area contributed by atoms with E-state index in [0.29, 0.717) is 5.41 Å². The second-order valence-corrected chi connectivity index (χ2v) is 7.47. The number of nitrogens with one attached hydrogen (secondary N) is 1. The Morgan fingerprint density at radius 1 is 1.14 bits per heavy atom. The number of hydrogen-bond acceptors (Lipinski definition) is 3. The van der Waals surface area contributed by atoms with Crippen LogP contribution in [0.25, 0.3) is 0 Å². The molecular weight excluding hydrogens is 278 g/mol. The van der Waals surface area contributed by atoms with Crippen LogP contribution in [0, 0.1) is 11.3 Å². The summed E-state index contributed by atoms with van der Waals surface area (Å²) in [6, 6.07) is -0.543. The van der Waals surface area contributed by atoms with Crippen LogP contribution in [-0.2, 0) is 9.59 Å². The molecule has 1 heterocycles. The van der Waals surface area contributed by atoms with Gasteiger partial charge in [0.1, 0.15) is 0 Å². The van der Waals surface area contributed by atoms with Gasteiger partial charge in [-0.05, 0) is 37.0 Å². The van der Waals surface area contributed by atoms with Gasteiger partial charge in [-0.25, -0.2) is 0 Å². The number of carbonyl (C=O) groups is 2. The number of carbonyl (C=O) groups excluding carboxylic acids is 2. The summed E-state index contributed by atoms with van der Waals surface area (Å²) in [6.45, 7) is 5.59. The summed E-state index contributed by atoms with van der Waals surface area (Å²) in [7, 11) is 0. The molecule has 1 saturated heterocycles. The van der Waals surface area contributed by atoms with Gasteiger partial charge in [0.2, 0.25) is 11.8 Å². The molecule has 0 aromatic carbocycles. The van der Waals surface area contributed by atoms with Crippen molar-refractivity contribution in [3.05, 3.63) is 0 Å². The maximum absolute atomic E-state index is 12.4. The van der Waals surface area contributed by atoms with E-state index >= 15 is 0 Å². The predicted molar refractivity (Wildman–Crippen MR) is 87.2 cm³/mol. The summed E-state index contributed by atoms with van der Waals surface area (Å²) < 4.78 is 0. The van der Waals surface area contributed by atoms with Gasteiger partial charge in [-0.15, -0.1) is 0 Å². The maximum Gasteiger partial charge on any atom is 0.241 e. The summed E-state index contributed by atoms with van der Waals surface area (Å²) in [5.41, 5.74) is 6.15. The van der Waals surface area contributed by atoms with Crippen LogP contribution in [0.5, 0.6) is 0 Å². The van der Waals surface area contributed by atoms with Gasteiger partial charge in [-0.2, -0.15) is 0 Å². The van der Waals surface area contributed by atoms with Gasteiger partial charge < -0.3 is 16.0 Å². The van der Waals surface area contributed by atoms with E-state index in [4.69, 9.17) is 5.73 Å². The number of rotatable bonds is 4. The Morgan fingerprint density at radius 3 is 2.41 bits per heavy atom. The van der Waals surface area contributed by atoms with Crippen molar-refractivity contribution in [1.82, 2.24) is 10.2 Å². The topological polar surface area (TPSA) is 75.4 Å². The van der Waals surface area contributed by atoms with Gasteiger partial charge in [0.25, 0.3) is 0 Å². The molecule has 1 spiro atoms. The molecule has 22 heavy (non-hydrogen) atoms. The highest BCUT2D eigenvalue weighted by atomic mass is 16.2. The van der Waals surface area contributed by atoms with Gasteiger partial charge in [-0.1, -0.05) is 33.1 Å². The highest BCUT2D eigenvalue weighted by Gasteiger charge is 2.37. The van der Waals surface area contributed by atoms with E-state index in [9.17, 15) is 9.59 Å². The molecule has 2 amide bonds. The minimum Gasteiger partial charge on any atom is -0.346 e. The van der Waals surface area contributed by atoms with Crippen molar-refractivity contribution in [2.24, 2.45) is 17.1 Å². The Kier molecular flexibility index (Phi) is 5.84. The molecule has 5 nitrogen and oxygen atoms in total. The van der Waals surface area contributed by atoms with Crippen LogP contribution in [0.2, 0.25) is 0 Å². The quantitative estimate of drug-likeness (QED) is 0.829. The van der Waals surface area contributed by atoms with E-state index in [0.717, 1.165) is 19.5 Å². The normalized spacial score (nSPS) is 22.6. The highest BCUT2D eigenvalue weighted by Crippen LogP contribution is 2.43. The van der Waals surface area contributed by atoms with Crippen molar-refractivity contribution >= 4 is 11.8 Å². The van der Waals surface area contributed by atoms with E-state index in [1.807, 2.05) is 18.7 Å². The predicted octanol–water partition coefficient (Wildman–Crippen LogP) is 1.66. The molecule has 0 unspecified atom stereocenters. The smallest absolute Gasteiger partial charge is 0.241 e. The average molecular weight is 309 g/mol. The molecule has 126 valence electrons. The summed E-state index contributed by atoms with van der Waals surface area (Å²) in [4.78, 5) is 26.2. The SMILES string of the molecule is CC(C)[C@H](N)C(=O)NCC(=O)N1CCCC2(CCCCC2)C1. The van der Waals surface area contributed by atoms with Gasteiger partial charge in [0.15, 0.2) is 0 Å². The van der Waals surface area contributed by atoms with Crippen LogP contribution >= 0.6 is 0 Å². The summed E-state index contributed by atoms with van der Waals surface area (Å²) in [5.74, 6) is -0.114. The lowest BCUT2D eigenvalue weighted by Gasteiger charge is -2.45. The first-order chi connectivity index (χ1) is 10.4. The van der Waals surface area contributed by atoms with Gasteiger partial charge in [0, 0.05) is 13.1 Å². The third-order valence-corrected chi connectivity index (χ3v) is 5.36. The number of likely N-dealkylation sites (tertiary alicyclic amines) is 1. The Bertz CT molecular complexity index is 397. The molecule has 1 aliphatic heterocycles. The van der Waals surface area contributed by atoms with E-state index in [2.05, 4.69) is 5.32 Å². The maximum atomic E-state index is 12.4. The molecule has 2 fully saturated rings. The molecule has 1 atom stereocenters. The molecule has 5 heteroatoms. The van der Waals surface area contributed by atoms with Crippen molar-refractivity contribution in [3.63, 3.8) is 0 Å². The van der Waals surface area contributed by atoms with Crippen molar-refractivity contribution < 1.29 is 9.59 Å². The molecule has 1 saturated carbocycles. The zero-order valence-corrected chi connectivity index (χ0v) is 14.1. The standard InChI is InChI=1S/C17H31N3O2/c1-13(2)15(18)16(22)19-11-14(21)20-10-6-9-17(12-20)7-4-3-5-8-17/h13,15H,3-12,18H2,1-2H3,(H,19,22)/t15-/m0/s1. The summed E-state index contributed by atoms with van der Waals surface area (Å²) >= 11 is 0. The lowest BCUT2D eigenvalue weighted by atomic mass is 9.69. The Hall–Kier alpha value is -1.10. The van der Waals surface area contributed by atoms with E-state index in [1.165, 1.54) is 38.5 Å². The molecule has 0 aromatic heterocycles. The fourth-order valence-electron chi connectivity index (χ4n) is 3.83. The van der Waals surface area contributed by atoms with Gasteiger partial charge in [0.05, 0.1) is 12.6 Å². The van der Waals surface area contributed by atoms with Crippen LogP contribution in [0.3, 0.4) is 0 Å². The van der Waals surface area contributed by atoms with Crippen molar-refractivity contribution in [1.29, 1.82) is 0 Å². The molecule has 0 bridgehead atoms. The number of nitrogens with two attached hydrogens (primary N) is 1. The van der Waals surface area contributed by atoms with Gasteiger partial charge >= 0.3 is 0 Å². The monoisotopic (exact) mass is 309 g/mol. The molecule has 0 aromatic rings. The lowest BCUT2D eigenvalue weighted by Crippen LogP contribution is -2.51. The third kappa shape index (κ3) is 4.22. The van der Waals surface area contributed by atoms with Crippen LogP contribution in [0.4, 0.5) is 0 Å². The Labute approximate surface area is 134 Å². The summed E-state index contributed by atoms with van der Waals surface area (Å²) in [5, 5.41) is 2.70. The first kappa shape index (κ1) is 17.3. The second kappa shape index (κ2) is 7.44. The number of piperidine rings is 1. The van der Waals surface area contributed by atoms with Crippen molar-refractivity contribution in [2.75, 3.05) is 19.6 Å². The fraction of sp³-hybridized carbons (Fsp3) is 0.882. The first-order valence-corrected chi connectivity index (χ1v) is 8.75. The van der Waals surface area contributed by atoms with E-state index < -0.39 is 6.04 Å². The number of hydrogen-bond donors (Lipinski definition) is 2. The molecule has 0 radical (unpaired) electrons. The third-order valence-electron chi connectivity index (χ3n) is 5.36. The van der Waals surface area contributed by atoms with Gasteiger partial charge in [-0.3, -0.25) is 9.59 Å².